The van der Waals surface area contributed by atoms with Gasteiger partial charge in [-0.25, -0.2) is 0 Å². The van der Waals surface area contributed by atoms with Gasteiger partial charge in [0.15, 0.2) is 5.76 Å². The molecule has 6 nitrogen and oxygen atoms in total. The molecule has 0 fully saturated rings. The molecule has 0 saturated carbocycles. The summed E-state index contributed by atoms with van der Waals surface area (Å²) in [5, 5.41) is 4.95. The lowest BCUT2D eigenvalue weighted by Gasteiger charge is -2.01. The zero-order valence-electron chi connectivity index (χ0n) is 13.6. The first kappa shape index (κ1) is 15.3. The molecule has 3 heterocycles. The number of fused-ring (bicyclic) bond motifs is 1. The molecule has 0 saturated heterocycles. The van der Waals surface area contributed by atoms with Crippen LogP contribution in [0.3, 0.4) is 0 Å². The first-order chi connectivity index (χ1) is 12.2. The Kier molecular flexibility index (Phi) is 3.85. The molecule has 0 unspecified atom stereocenters. The number of rotatable bonds is 5. The van der Waals surface area contributed by atoms with Gasteiger partial charge in [0.05, 0.1) is 12.7 Å². The van der Waals surface area contributed by atoms with Gasteiger partial charge in [0, 0.05) is 30.2 Å². The number of carbonyl (C=O) groups is 1. The average Bonchev–Trinajstić information content (AvgIpc) is 3.34. The van der Waals surface area contributed by atoms with Crippen LogP contribution in [-0.4, -0.2) is 15.7 Å². The highest BCUT2D eigenvalue weighted by molar-refractivity contribution is 5.87. The predicted molar refractivity (Wildman–Crippen MR) is 90.6 cm³/mol. The quantitative estimate of drug-likeness (QED) is 0.520. The minimum Gasteiger partial charge on any atom is -0.461 e. The van der Waals surface area contributed by atoms with Crippen molar-refractivity contribution < 1.29 is 18.5 Å². The zero-order chi connectivity index (χ0) is 17.2. The van der Waals surface area contributed by atoms with Crippen molar-refractivity contribution in [3.05, 3.63) is 66.2 Å². The summed E-state index contributed by atoms with van der Waals surface area (Å²) in [7, 11) is 1.96. The summed E-state index contributed by atoms with van der Waals surface area (Å²) in [5.41, 5.74) is 2.57. The Morgan fingerprint density at radius 3 is 2.92 bits per heavy atom. The molecule has 0 N–H and O–H groups in total. The van der Waals surface area contributed by atoms with E-state index in [1.807, 2.05) is 42.1 Å². The minimum atomic E-state index is -0.307. The van der Waals surface area contributed by atoms with Crippen molar-refractivity contribution in [2.75, 3.05) is 0 Å². The van der Waals surface area contributed by atoms with Crippen LogP contribution >= 0.6 is 0 Å². The summed E-state index contributed by atoms with van der Waals surface area (Å²) in [4.78, 5) is 12.2. The molecule has 4 rings (SSSR count). The molecule has 4 aromatic rings. The average molecular weight is 336 g/mol. The number of hydrogen-bond donors (Lipinski definition) is 0. The Labute approximate surface area is 143 Å². The van der Waals surface area contributed by atoms with Crippen LogP contribution in [-0.2, 0) is 29.6 Å². The summed E-state index contributed by atoms with van der Waals surface area (Å²) in [6, 6.07) is 13.2. The van der Waals surface area contributed by atoms with Crippen LogP contribution in [0.4, 0.5) is 0 Å². The van der Waals surface area contributed by atoms with Crippen molar-refractivity contribution in [1.82, 2.24) is 9.72 Å². The molecule has 0 aliphatic carbocycles. The van der Waals surface area contributed by atoms with Crippen molar-refractivity contribution in [3.8, 4) is 11.5 Å². The van der Waals surface area contributed by atoms with E-state index >= 15 is 0 Å². The lowest BCUT2D eigenvalue weighted by atomic mass is 10.1. The van der Waals surface area contributed by atoms with E-state index in [0.717, 1.165) is 16.5 Å². The van der Waals surface area contributed by atoms with Gasteiger partial charge in [-0.1, -0.05) is 23.4 Å². The van der Waals surface area contributed by atoms with E-state index in [1.165, 1.54) is 0 Å². The third-order valence-corrected chi connectivity index (χ3v) is 4.02. The number of ether oxygens (including phenoxy) is 1. The molecule has 1 aromatic carbocycles. The molecule has 126 valence electrons. The Bertz CT molecular complexity index is 1010. The van der Waals surface area contributed by atoms with Crippen molar-refractivity contribution in [2.24, 2.45) is 7.05 Å². The second kappa shape index (κ2) is 6.32. The number of benzene rings is 1. The molecule has 6 heteroatoms. The van der Waals surface area contributed by atoms with Crippen LogP contribution < -0.4 is 0 Å². The fourth-order valence-corrected chi connectivity index (χ4v) is 2.84. The lowest BCUT2D eigenvalue weighted by molar-refractivity contribution is -0.144. The zero-order valence-corrected chi connectivity index (χ0v) is 13.6. The normalized spacial score (nSPS) is 11.1. The van der Waals surface area contributed by atoms with E-state index < -0.39 is 0 Å². The molecule has 0 bridgehead atoms. The van der Waals surface area contributed by atoms with Gasteiger partial charge in [-0.2, -0.15) is 0 Å². The number of nitrogens with zero attached hydrogens (tertiary/aromatic N) is 2. The van der Waals surface area contributed by atoms with Crippen LogP contribution in [0, 0.1) is 0 Å². The fourth-order valence-electron chi connectivity index (χ4n) is 2.84. The third-order valence-electron chi connectivity index (χ3n) is 4.02. The summed E-state index contributed by atoms with van der Waals surface area (Å²) in [5.74, 6) is 0.782. The van der Waals surface area contributed by atoms with Gasteiger partial charge in [0.1, 0.15) is 12.3 Å². The number of para-hydroxylation sites is 1. The van der Waals surface area contributed by atoms with Gasteiger partial charge in [0.25, 0.3) is 0 Å². The number of esters is 1. The Morgan fingerprint density at radius 1 is 1.20 bits per heavy atom. The van der Waals surface area contributed by atoms with Crippen molar-refractivity contribution in [3.63, 3.8) is 0 Å². The highest BCUT2D eigenvalue weighted by Crippen LogP contribution is 2.22. The molecule has 0 spiro atoms. The predicted octanol–water partition coefficient (Wildman–Crippen LogP) is 3.71. The van der Waals surface area contributed by atoms with E-state index in [9.17, 15) is 4.79 Å². The molecule has 0 aliphatic rings. The first-order valence-electron chi connectivity index (χ1n) is 7.89. The van der Waals surface area contributed by atoms with Crippen LogP contribution in [0.2, 0.25) is 0 Å². The van der Waals surface area contributed by atoms with Gasteiger partial charge in [-0.05, 0) is 23.8 Å². The summed E-state index contributed by atoms with van der Waals surface area (Å²) < 4.78 is 17.7. The van der Waals surface area contributed by atoms with Crippen molar-refractivity contribution in [2.45, 2.75) is 13.0 Å². The van der Waals surface area contributed by atoms with Crippen LogP contribution in [0.25, 0.3) is 22.4 Å². The SMILES string of the molecule is Cn1cc(CC(=O)OCc2cc(-c3ccco3)on2)c2ccccc21. The van der Waals surface area contributed by atoms with E-state index in [4.69, 9.17) is 13.7 Å². The molecule has 0 atom stereocenters. The molecule has 0 radical (unpaired) electrons. The highest BCUT2D eigenvalue weighted by Gasteiger charge is 2.14. The fraction of sp³-hybridized carbons (Fsp3) is 0.158. The number of carbonyl (C=O) groups excluding carboxylic acids is 1. The largest absolute Gasteiger partial charge is 0.461 e. The summed E-state index contributed by atoms with van der Waals surface area (Å²) in [6.07, 6.45) is 3.73. The number of hydrogen-bond acceptors (Lipinski definition) is 5. The number of aryl methyl sites for hydroxylation is 1. The van der Waals surface area contributed by atoms with Crippen molar-refractivity contribution >= 4 is 16.9 Å². The van der Waals surface area contributed by atoms with Crippen molar-refractivity contribution in [1.29, 1.82) is 0 Å². The first-order valence-corrected chi connectivity index (χ1v) is 7.89. The van der Waals surface area contributed by atoms with E-state index in [0.29, 0.717) is 17.2 Å². The van der Waals surface area contributed by atoms with Gasteiger partial charge in [0.2, 0.25) is 5.76 Å². The van der Waals surface area contributed by atoms with E-state index in [1.54, 1.807) is 24.5 Å². The molecule has 25 heavy (non-hydrogen) atoms. The molecular formula is C19H16N2O4. The maximum atomic E-state index is 12.2. The Balaban J connectivity index is 1.41. The topological polar surface area (TPSA) is 70.4 Å². The van der Waals surface area contributed by atoms with Crippen LogP contribution in [0.15, 0.2) is 63.9 Å². The smallest absolute Gasteiger partial charge is 0.310 e. The van der Waals surface area contributed by atoms with Gasteiger partial charge < -0.3 is 18.2 Å². The number of aromatic nitrogens is 2. The molecule has 0 aliphatic heterocycles. The summed E-state index contributed by atoms with van der Waals surface area (Å²) >= 11 is 0. The molecular weight excluding hydrogens is 320 g/mol. The highest BCUT2D eigenvalue weighted by atomic mass is 16.5. The second-order valence-corrected chi connectivity index (χ2v) is 5.78. The Morgan fingerprint density at radius 2 is 2.08 bits per heavy atom. The maximum absolute atomic E-state index is 12.2. The minimum absolute atomic E-state index is 0.0633. The summed E-state index contributed by atoms with van der Waals surface area (Å²) in [6.45, 7) is 0.0633. The second-order valence-electron chi connectivity index (χ2n) is 5.78. The van der Waals surface area contributed by atoms with Crippen LogP contribution in [0.1, 0.15) is 11.3 Å². The number of furan rings is 1. The van der Waals surface area contributed by atoms with Gasteiger partial charge >= 0.3 is 5.97 Å². The van der Waals surface area contributed by atoms with Crippen LogP contribution in [0.5, 0.6) is 0 Å². The molecule has 0 amide bonds. The van der Waals surface area contributed by atoms with Gasteiger partial charge in [-0.15, -0.1) is 0 Å². The Hall–Kier alpha value is -3.28. The van der Waals surface area contributed by atoms with E-state index in [2.05, 4.69) is 5.16 Å². The monoisotopic (exact) mass is 336 g/mol. The standard InChI is InChI=1S/C19H16N2O4/c1-21-11-13(15-5-2-3-6-16(15)21)9-19(22)24-12-14-10-18(25-20-14)17-7-4-8-23-17/h2-8,10-11H,9,12H2,1H3. The maximum Gasteiger partial charge on any atom is 0.310 e. The van der Waals surface area contributed by atoms with E-state index in [-0.39, 0.29) is 19.0 Å². The third kappa shape index (κ3) is 3.06. The molecule has 3 aromatic heterocycles. The van der Waals surface area contributed by atoms with Gasteiger partial charge in [-0.3, -0.25) is 4.79 Å². The lowest BCUT2D eigenvalue weighted by Crippen LogP contribution is -2.07.